The van der Waals surface area contributed by atoms with Gasteiger partial charge in [-0.05, 0) is 62.0 Å². The third kappa shape index (κ3) is 3.54. The van der Waals surface area contributed by atoms with Crippen LogP contribution in [-0.2, 0) is 15.1 Å². The second-order valence-electron chi connectivity index (χ2n) is 10.8. The van der Waals surface area contributed by atoms with Gasteiger partial charge >= 0.3 is 0 Å². The number of benzene rings is 3. The van der Waals surface area contributed by atoms with Crippen molar-refractivity contribution in [3.8, 4) is 11.5 Å². The highest BCUT2D eigenvalue weighted by Crippen LogP contribution is 2.59. The zero-order valence-electron chi connectivity index (χ0n) is 21.5. The minimum Gasteiger partial charge on any atom is -0.454 e. The summed E-state index contributed by atoms with van der Waals surface area (Å²) in [6.07, 6.45) is -0.148. The molecular weight excluding hydrogens is 500 g/mol. The maximum atomic E-state index is 13.9. The van der Waals surface area contributed by atoms with Gasteiger partial charge in [0.15, 0.2) is 19.7 Å². The molecule has 3 aromatic rings. The molecule has 1 spiro atoms. The fraction of sp³-hybridized carbons (Fsp3) is 0.310. The Hall–Kier alpha value is -3.50. The van der Waals surface area contributed by atoms with E-state index in [1.165, 1.54) is 0 Å². The summed E-state index contributed by atoms with van der Waals surface area (Å²) < 4.78 is 12.7. The predicted octanol–water partition coefficient (Wildman–Crippen LogP) is 4.90. The molecule has 38 heavy (non-hydrogen) atoms. The van der Waals surface area contributed by atoms with Crippen LogP contribution in [0.5, 0.6) is 11.5 Å². The number of rotatable bonds is 4. The Kier molecular flexibility index (Phi) is 5.73. The number of anilines is 3. The Labute approximate surface area is 221 Å². The second-order valence-corrected chi connectivity index (χ2v) is 14.7. The molecule has 9 heteroatoms. The summed E-state index contributed by atoms with van der Waals surface area (Å²) in [5.74, 6) is 0.115. The molecule has 0 aliphatic carbocycles. The average Bonchev–Trinajstić information content (AvgIpc) is 3.29. The molecule has 1 fully saturated rings. The lowest BCUT2D eigenvalue weighted by Crippen LogP contribution is -2.43. The van der Waals surface area contributed by atoms with Crippen molar-refractivity contribution < 1.29 is 29.0 Å². The standard InChI is InChI=1S/C29H30N2O6Si/c1-17-26(38(2,3)35)25(14-15-32)37-29(17)20-16-18(12-13-21(20)30-28(29)34)31-22-9-5-7-11-24(22)36-23-10-6-4-8-19(23)27(31)33/h4-13,16-17,25-26,32,35H,14-15H2,1-3H3,(H,30,34)/t17-,25+,26-,29+/m0/s1. The number of para-hydroxylation sites is 3. The lowest BCUT2D eigenvalue weighted by molar-refractivity contribution is -0.143. The van der Waals surface area contributed by atoms with Crippen molar-refractivity contribution in [2.75, 3.05) is 16.8 Å². The summed E-state index contributed by atoms with van der Waals surface area (Å²) in [7, 11) is -2.78. The number of fused-ring (bicyclic) bond motifs is 4. The Morgan fingerprint density at radius 2 is 1.74 bits per heavy atom. The van der Waals surface area contributed by atoms with E-state index in [2.05, 4.69) is 5.32 Å². The van der Waals surface area contributed by atoms with Crippen LogP contribution in [-0.4, -0.2) is 42.7 Å². The molecule has 6 rings (SSSR count). The Morgan fingerprint density at radius 3 is 2.47 bits per heavy atom. The van der Waals surface area contributed by atoms with E-state index in [1.54, 1.807) is 35.2 Å². The van der Waals surface area contributed by atoms with Crippen molar-refractivity contribution in [2.45, 2.75) is 43.7 Å². The number of carbonyl (C=O) groups excluding carboxylic acids is 2. The molecule has 3 aliphatic rings. The van der Waals surface area contributed by atoms with Crippen molar-refractivity contribution >= 4 is 37.2 Å². The van der Waals surface area contributed by atoms with Crippen LogP contribution < -0.4 is 15.0 Å². The van der Waals surface area contributed by atoms with Gasteiger partial charge in [-0.1, -0.05) is 31.2 Å². The number of hydrogen-bond acceptors (Lipinski definition) is 6. The van der Waals surface area contributed by atoms with Gasteiger partial charge in [-0.3, -0.25) is 14.5 Å². The quantitative estimate of drug-likeness (QED) is 0.414. The minimum absolute atomic E-state index is 0.110. The highest BCUT2D eigenvalue weighted by molar-refractivity contribution is 6.71. The number of amides is 2. The fourth-order valence-electron chi connectivity index (χ4n) is 6.49. The third-order valence-electron chi connectivity index (χ3n) is 8.04. The molecule has 1 saturated heterocycles. The van der Waals surface area contributed by atoms with Crippen molar-refractivity contribution in [3.63, 3.8) is 0 Å². The lowest BCUT2D eigenvalue weighted by atomic mass is 9.82. The number of nitrogens with one attached hydrogen (secondary N) is 1. The van der Waals surface area contributed by atoms with Crippen molar-refractivity contribution in [1.29, 1.82) is 0 Å². The summed E-state index contributed by atoms with van der Waals surface area (Å²) in [5, 5.41) is 12.7. The fourth-order valence-corrected chi connectivity index (χ4v) is 9.09. The smallest absolute Gasteiger partial charge is 0.266 e. The third-order valence-corrected chi connectivity index (χ3v) is 10.5. The molecule has 0 unspecified atom stereocenters. The first-order chi connectivity index (χ1) is 18.2. The monoisotopic (exact) mass is 530 g/mol. The van der Waals surface area contributed by atoms with E-state index >= 15 is 0 Å². The highest BCUT2D eigenvalue weighted by atomic mass is 28.4. The number of aliphatic hydroxyl groups is 1. The largest absolute Gasteiger partial charge is 0.454 e. The molecule has 8 nitrogen and oxygen atoms in total. The van der Waals surface area contributed by atoms with E-state index in [0.717, 1.165) is 0 Å². The maximum absolute atomic E-state index is 13.9. The summed E-state index contributed by atoms with van der Waals surface area (Å²) in [6, 6.07) is 19.9. The molecule has 0 saturated carbocycles. The normalized spacial score (nSPS) is 25.9. The van der Waals surface area contributed by atoms with Crippen LogP contribution in [0.4, 0.5) is 17.1 Å². The SMILES string of the molecule is C[C@H]1[C@H]([Si](C)(C)O)[C@@H](CCO)O[C@]12C(=O)Nc1ccc(N3C(=O)c4ccccc4Oc4ccccc43)cc12. The van der Waals surface area contributed by atoms with Gasteiger partial charge in [-0.2, -0.15) is 0 Å². The van der Waals surface area contributed by atoms with E-state index in [4.69, 9.17) is 9.47 Å². The molecule has 0 aromatic heterocycles. The van der Waals surface area contributed by atoms with E-state index in [-0.39, 0.29) is 29.9 Å². The maximum Gasteiger partial charge on any atom is 0.266 e. The van der Waals surface area contributed by atoms with Gasteiger partial charge in [0.2, 0.25) is 0 Å². The molecule has 4 atom stereocenters. The molecular formula is C29H30N2O6Si. The van der Waals surface area contributed by atoms with Crippen LogP contribution in [0.25, 0.3) is 0 Å². The number of carbonyl (C=O) groups is 2. The van der Waals surface area contributed by atoms with Crippen LogP contribution in [0.15, 0.2) is 66.7 Å². The molecule has 0 radical (unpaired) electrons. The minimum atomic E-state index is -2.78. The zero-order valence-corrected chi connectivity index (χ0v) is 22.5. The van der Waals surface area contributed by atoms with E-state index < -0.39 is 20.0 Å². The van der Waals surface area contributed by atoms with Gasteiger partial charge in [-0.15, -0.1) is 0 Å². The van der Waals surface area contributed by atoms with Crippen LogP contribution in [0.1, 0.15) is 29.3 Å². The van der Waals surface area contributed by atoms with Gasteiger partial charge in [0, 0.05) is 35.0 Å². The summed E-state index contributed by atoms with van der Waals surface area (Å²) in [4.78, 5) is 40.3. The van der Waals surface area contributed by atoms with Gasteiger partial charge in [-0.25, -0.2) is 0 Å². The van der Waals surface area contributed by atoms with Crippen molar-refractivity contribution in [3.05, 3.63) is 77.9 Å². The van der Waals surface area contributed by atoms with Gasteiger partial charge in [0.05, 0.1) is 17.4 Å². The first-order valence-corrected chi connectivity index (χ1v) is 15.9. The number of hydrogen-bond donors (Lipinski definition) is 3. The topological polar surface area (TPSA) is 108 Å². The highest BCUT2D eigenvalue weighted by Gasteiger charge is 2.64. The molecule has 0 bridgehead atoms. The van der Waals surface area contributed by atoms with Crippen LogP contribution >= 0.6 is 0 Å². The van der Waals surface area contributed by atoms with Crippen LogP contribution in [0, 0.1) is 5.92 Å². The Morgan fingerprint density at radius 1 is 1.03 bits per heavy atom. The average molecular weight is 531 g/mol. The second kappa shape index (κ2) is 8.77. The summed E-state index contributed by atoms with van der Waals surface area (Å²) in [6.45, 7) is 5.51. The van der Waals surface area contributed by atoms with E-state index in [1.807, 2.05) is 56.4 Å². The number of ether oxygens (including phenoxy) is 2. The number of aliphatic hydroxyl groups excluding tert-OH is 1. The molecule has 196 valence electrons. The van der Waals surface area contributed by atoms with Crippen LogP contribution in [0.2, 0.25) is 18.6 Å². The molecule has 2 amide bonds. The number of nitrogens with zero attached hydrogens (tertiary/aromatic N) is 1. The first-order valence-electron chi connectivity index (χ1n) is 12.8. The Bertz CT molecular complexity index is 1450. The molecule has 3 N–H and O–H groups in total. The van der Waals surface area contributed by atoms with E-state index in [9.17, 15) is 19.5 Å². The zero-order chi connectivity index (χ0) is 26.8. The van der Waals surface area contributed by atoms with Crippen molar-refractivity contribution in [1.82, 2.24) is 0 Å². The summed E-state index contributed by atoms with van der Waals surface area (Å²) in [5.41, 5.74) is 1.20. The van der Waals surface area contributed by atoms with Crippen LogP contribution in [0.3, 0.4) is 0 Å². The van der Waals surface area contributed by atoms with Crippen molar-refractivity contribution in [2.24, 2.45) is 5.92 Å². The van der Waals surface area contributed by atoms with Gasteiger partial charge in [0.1, 0.15) is 5.75 Å². The lowest BCUT2D eigenvalue weighted by Gasteiger charge is -2.32. The first kappa shape index (κ1) is 24.8. The van der Waals surface area contributed by atoms with Gasteiger partial charge < -0.3 is 24.7 Å². The Balaban J connectivity index is 1.51. The van der Waals surface area contributed by atoms with Gasteiger partial charge in [0.25, 0.3) is 11.8 Å². The molecule has 3 aromatic carbocycles. The predicted molar refractivity (Wildman–Crippen MR) is 145 cm³/mol. The molecule has 3 heterocycles. The van der Waals surface area contributed by atoms with E-state index in [0.29, 0.717) is 46.1 Å². The summed E-state index contributed by atoms with van der Waals surface area (Å²) >= 11 is 0. The molecule has 3 aliphatic heterocycles.